The molecule has 0 amide bonds. The molecule has 88 valence electrons. The maximum absolute atomic E-state index is 5.82. The van der Waals surface area contributed by atoms with Gasteiger partial charge in [-0.1, -0.05) is 30.3 Å². The SMILES string of the molecule is Cc1c(OCCC2CO2)ccc2ccccc12. The van der Waals surface area contributed by atoms with E-state index in [-0.39, 0.29) is 0 Å². The van der Waals surface area contributed by atoms with Crippen LogP contribution in [0.1, 0.15) is 12.0 Å². The highest BCUT2D eigenvalue weighted by Crippen LogP contribution is 2.27. The van der Waals surface area contributed by atoms with Crippen LogP contribution >= 0.6 is 0 Å². The minimum absolute atomic E-state index is 0.441. The van der Waals surface area contributed by atoms with Gasteiger partial charge in [0.25, 0.3) is 0 Å². The first-order valence-electron chi connectivity index (χ1n) is 6.07. The van der Waals surface area contributed by atoms with E-state index in [9.17, 15) is 0 Å². The van der Waals surface area contributed by atoms with Gasteiger partial charge in [-0.15, -0.1) is 0 Å². The first-order chi connectivity index (χ1) is 8.34. The number of aryl methyl sites for hydroxylation is 1. The molecule has 1 aliphatic heterocycles. The third-order valence-corrected chi connectivity index (χ3v) is 3.25. The molecule has 0 aromatic heterocycles. The Morgan fingerprint density at radius 2 is 2.06 bits per heavy atom. The fourth-order valence-electron chi connectivity index (χ4n) is 2.10. The first kappa shape index (κ1) is 10.6. The molecule has 2 aromatic rings. The smallest absolute Gasteiger partial charge is 0.122 e. The predicted octanol–water partition coefficient (Wildman–Crippen LogP) is 3.32. The van der Waals surface area contributed by atoms with E-state index in [2.05, 4.69) is 43.3 Å². The third kappa shape index (κ3) is 2.27. The maximum atomic E-state index is 5.82. The van der Waals surface area contributed by atoms with Gasteiger partial charge in [-0.2, -0.15) is 0 Å². The standard InChI is InChI=1S/C15H16O2/c1-11-14-5-3-2-4-12(14)6-7-15(11)16-9-8-13-10-17-13/h2-7,13H,8-10H2,1H3. The van der Waals surface area contributed by atoms with Gasteiger partial charge in [-0.05, 0) is 29.3 Å². The number of fused-ring (bicyclic) bond motifs is 1. The largest absolute Gasteiger partial charge is 0.493 e. The van der Waals surface area contributed by atoms with Crippen molar-refractivity contribution in [2.45, 2.75) is 19.4 Å². The second kappa shape index (κ2) is 4.38. The van der Waals surface area contributed by atoms with Gasteiger partial charge in [0.2, 0.25) is 0 Å². The second-order valence-corrected chi connectivity index (χ2v) is 4.50. The van der Waals surface area contributed by atoms with Crippen LogP contribution in [0.4, 0.5) is 0 Å². The molecule has 1 aliphatic rings. The van der Waals surface area contributed by atoms with Gasteiger partial charge >= 0.3 is 0 Å². The number of benzene rings is 2. The van der Waals surface area contributed by atoms with Crippen molar-refractivity contribution in [1.29, 1.82) is 0 Å². The van der Waals surface area contributed by atoms with Gasteiger partial charge in [-0.3, -0.25) is 0 Å². The van der Waals surface area contributed by atoms with Crippen molar-refractivity contribution < 1.29 is 9.47 Å². The van der Waals surface area contributed by atoms with E-state index in [0.717, 1.165) is 25.4 Å². The Labute approximate surface area is 101 Å². The lowest BCUT2D eigenvalue weighted by molar-refractivity contribution is 0.282. The fraction of sp³-hybridized carbons (Fsp3) is 0.333. The predicted molar refractivity (Wildman–Crippen MR) is 68.5 cm³/mol. The molecule has 1 unspecified atom stereocenters. The first-order valence-corrected chi connectivity index (χ1v) is 6.07. The molecule has 0 bridgehead atoms. The summed E-state index contributed by atoms with van der Waals surface area (Å²) >= 11 is 0. The van der Waals surface area contributed by atoms with Crippen molar-refractivity contribution in [2.75, 3.05) is 13.2 Å². The van der Waals surface area contributed by atoms with Crippen molar-refractivity contribution in [2.24, 2.45) is 0 Å². The Morgan fingerprint density at radius 1 is 1.24 bits per heavy atom. The lowest BCUT2D eigenvalue weighted by atomic mass is 10.0. The highest BCUT2D eigenvalue weighted by Gasteiger charge is 2.21. The quantitative estimate of drug-likeness (QED) is 0.749. The van der Waals surface area contributed by atoms with Crippen LogP contribution in [0.25, 0.3) is 10.8 Å². The summed E-state index contributed by atoms with van der Waals surface area (Å²) in [5.41, 5.74) is 1.22. The van der Waals surface area contributed by atoms with Crippen molar-refractivity contribution in [1.82, 2.24) is 0 Å². The number of hydrogen-bond donors (Lipinski definition) is 0. The molecule has 1 atom stereocenters. The van der Waals surface area contributed by atoms with Gasteiger partial charge in [0, 0.05) is 6.42 Å². The fourth-order valence-corrected chi connectivity index (χ4v) is 2.10. The van der Waals surface area contributed by atoms with E-state index in [1.807, 2.05) is 0 Å². The molecule has 0 spiro atoms. The Kier molecular flexibility index (Phi) is 2.73. The minimum Gasteiger partial charge on any atom is -0.493 e. The third-order valence-electron chi connectivity index (χ3n) is 3.25. The molecule has 0 N–H and O–H groups in total. The summed E-state index contributed by atoms with van der Waals surface area (Å²) in [6.07, 6.45) is 1.43. The monoisotopic (exact) mass is 228 g/mol. The topological polar surface area (TPSA) is 21.8 Å². The average molecular weight is 228 g/mol. The minimum atomic E-state index is 0.441. The van der Waals surface area contributed by atoms with Crippen LogP contribution in [0.15, 0.2) is 36.4 Å². The van der Waals surface area contributed by atoms with E-state index >= 15 is 0 Å². The number of ether oxygens (including phenoxy) is 2. The Morgan fingerprint density at radius 3 is 2.88 bits per heavy atom. The maximum Gasteiger partial charge on any atom is 0.122 e. The highest BCUT2D eigenvalue weighted by molar-refractivity contribution is 5.87. The number of hydrogen-bond acceptors (Lipinski definition) is 2. The van der Waals surface area contributed by atoms with Crippen LogP contribution in [0.3, 0.4) is 0 Å². The van der Waals surface area contributed by atoms with Crippen LogP contribution in [-0.2, 0) is 4.74 Å². The molecule has 1 heterocycles. The van der Waals surface area contributed by atoms with E-state index in [4.69, 9.17) is 9.47 Å². The Balaban J connectivity index is 1.80. The van der Waals surface area contributed by atoms with Crippen LogP contribution in [-0.4, -0.2) is 19.3 Å². The van der Waals surface area contributed by atoms with Crippen molar-refractivity contribution >= 4 is 10.8 Å². The zero-order valence-electron chi connectivity index (χ0n) is 9.98. The Hall–Kier alpha value is -1.54. The van der Waals surface area contributed by atoms with Crippen molar-refractivity contribution in [3.8, 4) is 5.75 Å². The van der Waals surface area contributed by atoms with E-state index in [1.165, 1.54) is 16.3 Å². The molecule has 2 nitrogen and oxygen atoms in total. The van der Waals surface area contributed by atoms with Gasteiger partial charge < -0.3 is 9.47 Å². The number of rotatable bonds is 4. The molecule has 1 fully saturated rings. The zero-order valence-corrected chi connectivity index (χ0v) is 9.98. The molecule has 2 aromatic carbocycles. The summed E-state index contributed by atoms with van der Waals surface area (Å²) in [6, 6.07) is 12.6. The molecular weight excluding hydrogens is 212 g/mol. The van der Waals surface area contributed by atoms with E-state index in [0.29, 0.717) is 6.10 Å². The summed E-state index contributed by atoms with van der Waals surface area (Å²) in [5.74, 6) is 0.990. The molecular formula is C15H16O2. The number of epoxide rings is 1. The summed E-state index contributed by atoms with van der Waals surface area (Å²) < 4.78 is 11.0. The zero-order chi connectivity index (χ0) is 11.7. The van der Waals surface area contributed by atoms with Gasteiger partial charge in [0.15, 0.2) is 0 Å². The summed E-state index contributed by atoms with van der Waals surface area (Å²) in [7, 11) is 0. The molecule has 0 saturated carbocycles. The lowest BCUT2D eigenvalue weighted by Crippen LogP contribution is -2.02. The summed E-state index contributed by atoms with van der Waals surface area (Å²) in [5, 5.41) is 2.54. The Bertz CT molecular complexity index is 529. The van der Waals surface area contributed by atoms with Crippen LogP contribution < -0.4 is 4.74 Å². The highest BCUT2D eigenvalue weighted by atomic mass is 16.6. The molecule has 0 aliphatic carbocycles. The molecule has 0 radical (unpaired) electrons. The van der Waals surface area contributed by atoms with Crippen molar-refractivity contribution in [3.63, 3.8) is 0 Å². The molecule has 2 heteroatoms. The molecule has 17 heavy (non-hydrogen) atoms. The van der Waals surface area contributed by atoms with Gasteiger partial charge in [-0.25, -0.2) is 0 Å². The van der Waals surface area contributed by atoms with Crippen LogP contribution in [0, 0.1) is 6.92 Å². The van der Waals surface area contributed by atoms with E-state index in [1.54, 1.807) is 0 Å². The van der Waals surface area contributed by atoms with Crippen LogP contribution in [0.2, 0.25) is 0 Å². The normalized spacial score (nSPS) is 18.3. The average Bonchev–Trinajstić information content (AvgIpc) is 3.17. The van der Waals surface area contributed by atoms with Gasteiger partial charge in [0.05, 0.1) is 19.3 Å². The molecule has 3 rings (SSSR count). The summed E-state index contributed by atoms with van der Waals surface area (Å²) in [6.45, 7) is 3.76. The molecule has 1 saturated heterocycles. The van der Waals surface area contributed by atoms with Crippen LogP contribution in [0.5, 0.6) is 5.75 Å². The van der Waals surface area contributed by atoms with Crippen molar-refractivity contribution in [3.05, 3.63) is 42.0 Å². The summed E-state index contributed by atoms with van der Waals surface area (Å²) in [4.78, 5) is 0. The lowest BCUT2D eigenvalue weighted by Gasteiger charge is -2.10. The van der Waals surface area contributed by atoms with Gasteiger partial charge in [0.1, 0.15) is 5.75 Å². The second-order valence-electron chi connectivity index (χ2n) is 4.50. The van der Waals surface area contributed by atoms with E-state index < -0.39 is 0 Å².